The highest BCUT2D eigenvalue weighted by molar-refractivity contribution is 7.12. The Labute approximate surface area is 167 Å². The Morgan fingerprint density at radius 2 is 1.96 bits per heavy atom. The van der Waals surface area contributed by atoms with E-state index in [4.69, 9.17) is 10.3 Å². The van der Waals surface area contributed by atoms with Crippen molar-refractivity contribution >= 4 is 29.7 Å². The largest absolute Gasteiger partial charge is 0.347 e. The first-order valence-corrected chi connectivity index (χ1v) is 9.56. The number of nitrogens with two attached hydrogens (primary N) is 1. The van der Waals surface area contributed by atoms with Crippen LogP contribution in [0.3, 0.4) is 0 Å². The van der Waals surface area contributed by atoms with Crippen molar-refractivity contribution in [2.24, 2.45) is 5.73 Å². The Morgan fingerprint density at radius 1 is 1.22 bits per heavy atom. The number of amides is 1. The summed E-state index contributed by atoms with van der Waals surface area (Å²) in [5.41, 5.74) is 7.78. The maximum absolute atomic E-state index is 12.0. The number of carbonyl (C=O) groups excluding carboxylic acids is 1. The lowest BCUT2D eigenvalue weighted by Crippen LogP contribution is -2.34. The second kappa shape index (κ2) is 8.21. The van der Waals surface area contributed by atoms with E-state index in [-0.39, 0.29) is 18.3 Å². The molecule has 6 nitrogen and oxygen atoms in total. The number of nitrogens with one attached hydrogen (secondary N) is 1. The number of benzene rings is 1. The van der Waals surface area contributed by atoms with E-state index in [1.807, 2.05) is 41.8 Å². The molecule has 1 fully saturated rings. The predicted octanol–water partition coefficient (Wildman–Crippen LogP) is 3.88. The first-order chi connectivity index (χ1) is 12.6. The average Bonchev–Trinajstić information content (AvgIpc) is 3.41. The Bertz CT molecular complexity index is 887. The van der Waals surface area contributed by atoms with Crippen LogP contribution < -0.4 is 11.1 Å². The molecule has 27 heavy (non-hydrogen) atoms. The number of rotatable bonds is 5. The molecule has 0 radical (unpaired) electrons. The molecule has 142 valence electrons. The maximum Gasteiger partial charge on any atom is 0.261 e. The molecule has 1 amide bonds. The van der Waals surface area contributed by atoms with Crippen LogP contribution in [0.2, 0.25) is 0 Å². The average molecular weight is 405 g/mol. The molecule has 8 heteroatoms. The zero-order valence-corrected chi connectivity index (χ0v) is 16.3. The Kier molecular flexibility index (Phi) is 5.94. The normalized spacial score (nSPS) is 15.3. The summed E-state index contributed by atoms with van der Waals surface area (Å²) in [6, 6.07) is 11.4. The van der Waals surface area contributed by atoms with Crippen molar-refractivity contribution in [2.45, 2.75) is 37.8 Å². The molecule has 4 rings (SSSR count). The number of halogens is 1. The molecule has 0 atom stereocenters. The summed E-state index contributed by atoms with van der Waals surface area (Å²) in [6.07, 6.45) is 4.00. The Hall–Kier alpha value is -2.22. The summed E-state index contributed by atoms with van der Waals surface area (Å²) < 4.78 is 5.41. The molecule has 1 saturated carbocycles. The van der Waals surface area contributed by atoms with Gasteiger partial charge in [0.25, 0.3) is 11.8 Å². The van der Waals surface area contributed by atoms with Crippen LogP contribution in [0.15, 0.2) is 46.3 Å². The van der Waals surface area contributed by atoms with Crippen LogP contribution in [-0.2, 0) is 12.1 Å². The van der Waals surface area contributed by atoms with Gasteiger partial charge in [-0.05, 0) is 42.0 Å². The van der Waals surface area contributed by atoms with Crippen molar-refractivity contribution in [1.82, 2.24) is 15.5 Å². The molecule has 1 aromatic carbocycles. The van der Waals surface area contributed by atoms with Crippen molar-refractivity contribution in [2.75, 3.05) is 0 Å². The third kappa shape index (κ3) is 4.21. The van der Waals surface area contributed by atoms with Gasteiger partial charge in [0.2, 0.25) is 0 Å². The quantitative estimate of drug-likeness (QED) is 0.673. The van der Waals surface area contributed by atoms with E-state index in [2.05, 4.69) is 15.5 Å². The van der Waals surface area contributed by atoms with E-state index in [1.54, 1.807) is 0 Å². The van der Waals surface area contributed by atoms with Gasteiger partial charge in [0.15, 0.2) is 5.82 Å². The smallest absolute Gasteiger partial charge is 0.261 e. The fraction of sp³-hybridized carbons (Fsp3) is 0.316. The monoisotopic (exact) mass is 404 g/mol. The van der Waals surface area contributed by atoms with E-state index >= 15 is 0 Å². The Morgan fingerprint density at radius 3 is 2.63 bits per heavy atom. The summed E-state index contributed by atoms with van der Waals surface area (Å²) in [5, 5.41) is 8.89. The molecule has 3 N–H and O–H groups in total. The third-order valence-corrected chi connectivity index (χ3v) is 5.63. The van der Waals surface area contributed by atoms with E-state index in [9.17, 15) is 4.79 Å². The fourth-order valence-electron chi connectivity index (χ4n) is 3.21. The minimum Gasteiger partial charge on any atom is -0.347 e. The van der Waals surface area contributed by atoms with Crippen molar-refractivity contribution in [3.8, 4) is 11.5 Å². The van der Waals surface area contributed by atoms with Gasteiger partial charge in [0.1, 0.15) is 0 Å². The van der Waals surface area contributed by atoms with Crippen LogP contribution in [0.4, 0.5) is 0 Å². The highest BCUT2D eigenvalue weighted by atomic mass is 35.5. The minimum absolute atomic E-state index is 0. The molecule has 0 unspecified atom stereocenters. The van der Waals surface area contributed by atoms with Crippen LogP contribution in [-0.4, -0.2) is 16.0 Å². The molecule has 0 aliphatic heterocycles. The van der Waals surface area contributed by atoms with Crippen molar-refractivity contribution < 1.29 is 9.32 Å². The molecule has 2 aromatic heterocycles. The maximum atomic E-state index is 12.0. The van der Waals surface area contributed by atoms with E-state index < -0.39 is 5.54 Å². The number of aromatic nitrogens is 2. The van der Waals surface area contributed by atoms with Gasteiger partial charge in [-0.15, -0.1) is 23.7 Å². The van der Waals surface area contributed by atoms with Gasteiger partial charge in [-0.25, -0.2) is 0 Å². The predicted molar refractivity (Wildman–Crippen MR) is 107 cm³/mol. The topological polar surface area (TPSA) is 94.0 Å². The lowest BCUT2D eigenvalue weighted by molar-refractivity contribution is 0.0955. The summed E-state index contributed by atoms with van der Waals surface area (Å²) >= 11 is 1.43. The SMILES string of the molecule is Cl.NC1(c2noc(-c3ccc(CNC(=O)c4cccs4)cc3)n2)CCCC1. The number of carbonyl (C=O) groups is 1. The van der Waals surface area contributed by atoms with Gasteiger partial charge in [-0.2, -0.15) is 4.98 Å². The van der Waals surface area contributed by atoms with E-state index in [0.717, 1.165) is 36.8 Å². The summed E-state index contributed by atoms with van der Waals surface area (Å²) in [4.78, 5) is 17.2. The number of hydrogen-bond acceptors (Lipinski definition) is 6. The molecule has 2 heterocycles. The van der Waals surface area contributed by atoms with Crippen LogP contribution in [0.1, 0.15) is 46.7 Å². The van der Waals surface area contributed by atoms with Crippen LogP contribution in [0.25, 0.3) is 11.5 Å². The zero-order valence-electron chi connectivity index (χ0n) is 14.7. The van der Waals surface area contributed by atoms with Crippen molar-refractivity contribution in [1.29, 1.82) is 0 Å². The molecule has 0 spiro atoms. The van der Waals surface area contributed by atoms with Gasteiger partial charge in [0, 0.05) is 12.1 Å². The first kappa shape index (κ1) is 19.5. The third-order valence-electron chi connectivity index (χ3n) is 4.77. The summed E-state index contributed by atoms with van der Waals surface area (Å²) in [6.45, 7) is 0.470. The fourth-order valence-corrected chi connectivity index (χ4v) is 3.85. The van der Waals surface area contributed by atoms with Gasteiger partial charge in [-0.1, -0.05) is 36.2 Å². The number of thiophene rings is 1. The molecule has 3 aromatic rings. The number of nitrogens with zero attached hydrogens (tertiary/aromatic N) is 2. The second-order valence-corrected chi connectivity index (χ2v) is 7.59. The van der Waals surface area contributed by atoms with Gasteiger partial charge in [0.05, 0.1) is 10.4 Å². The first-order valence-electron chi connectivity index (χ1n) is 8.68. The van der Waals surface area contributed by atoms with Gasteiger partial charge < -0.3 is 15.6 Å². The van der Waals surface area contributed by atoms with Crippen molar-refractivity contribution in [3.63, 3.8) is 0 Å². The molecular formula is C19H21ClN4O2S. The second-order valence-electron chi connectivity index (χ2n) is 6.64. The minimum atomic E-state index is -0.451. The summed E-state index contributed by atoms with van der Waals surface area (Å²) in [7, 11) is 0. The van der Waals surface area contributed by atoms with E-state index in [1.165, 1.54) is 11.3 Å². The van der Waals surface area contributed by atoms with Gasteiger partial charge >= 0.3 is 0 Å². The van der Waals surface area contributed by atoms with Crippen LogP contribution in [0.5, 0.6) is 0 Å². The number of hydrogen-bond donors (Lipinski definition) is 2. The highest BCUT2D eigenvalue weighted by Gasteiger charge is 2.36. The van der Waals surface area contributed by atoms with Crippen LogP contribution in [0, 0.1) is 0 Å². The zero-order chi connectivity index (χ0) is 18.0. The summed E-state index contributed by atoms with van der Waals surface area (Å²) in [5.74, 6) is 1.01. The Balaban J connectivity index is 0.00000210. The molecule has 0 saturated heterocycles. The van der Waals surface area contributed by atoms with Gasteiger partial charge in [-0.3, -0.25) is 4.79 Å². The molecular weight excluding hydrogens is 384 g/mol. The lowest BCUT2D eigenvalue weighted by Gasteiger charge is -2.17. The standard InChI is InChI=1S/C19H20N4O2S.ClH/c20-19(9-1-2-10-19)18-22-17(25-23-18)14-7-5-13(6-8-14)12-21-16(24)15-4-3-11-26-15;/h3-8,11H,1-2,9-10,12,20H2,(H,21,24);1H. The lowest BCUT2D eigenvalue weighted by atomic mass is 9.99. The van der Waals surface area contributed by atoms with Crippen LogP contribution >= 0.6 is 23.7 Å². The molecule has 1 aliphatic carbocycles. The highest BCUT2D eigenvalue weighted by Crippen LogP contribution is 2.35. The molecule has 0 bridgehead atoms. The molecule has 1 aliphatic rings. The van der Waals surface area contributed by atoms with Crippen molar-refractivity contribution in [3.05, 3.63) is 58.0 Å². The van der Waals surface area contributed by atoms with E-state index in [0.29, 0.717) is 23.1 Å².